The van der Waals surface area contributed by atoms with E-state index in [1.165, 1.54) is 5.56 Å². The van der Waals surface area contributed by atoms with Crippen LogP contribution in [0.3, 0.4) is 0 Å². The lowest BCUT2D eigenvalue weighted by Gasteiger charge is -2.39. The van der Waals surface area contributed by atoms with Crippen LogP contribution in [-0.2, 0) is 11.2 Å². The molecule has 2 aromatic rings. The summed E-state index contributed by atoms with van der Waals surface area (Å²) in [5.74, 6) is 1.56. The summed E-state index contributed by atoms with van der Waals surface area (Å²) in [4.78, 5) is 16.2. The van der Waals surface area contributed by atoms with Crippen LogP contribution in [0.2, 0.25) is 0 Å². The molecule has 1 aromatic heterocycles. The third-order valence-electron chi connectivity index (χ3n) is 6.23. The third kappa shape index (κ3) is 3.90. The fourth-order valence-corrected chi connectivity index (χ4v) is 4.65. The van der Waals surface area contributed by atoms with Crippen LogP contribution in [0, 0.1) is 12.3 Å². The maximum atomic E-state index is 11.7. The van der Waals surface area contributed by atoms with Gasteiger partial charge in [0.2, 0.25) is 17.7 Å². The Hall–Kier alpha value is -2.21. The number of nitrogens with zero attached hydrogens (tertiary/aromatic N) is 4. The summed E-state index contributed by atoms with van der Waals surface area (Å²) in [5, 5.41) is 8.39. The van der Waals surface area contributed by atoms with Crippen molar-refractivity contribution in [1.82, 2.24) is 20.0 Å². The largest absolute Gasteiger partial charge is 0.424 e. The molecule has 2 aliphatic heterocycles. The molecule has 27 heavy (non-hydrogen) atoms. The second-order valence-corrected chi connectivity index (χ2v) is 8.09. The molecule has 0 N–H and O–H groups in total. The van der Waals surface area contributed by atoms with Gasteiger partial charge in [-0.25, -0.2) is 0 Å². The maximum Gasteiger partial charge on any atom is 0.233 e. The molecule has 6 nitrogen and oxygen atoms in total. The molecule has 6 heteroatoms. The predicted molar refractivity (Wildman–Crippen MR) is 102 cm³/mol. The fraction of sp³-hybridized carbons (Fsp3) is 0.571. The Labute approximate surface area is 160 Å². The number of piperidine rings is 1. The molecule has 1 amide bonds. The molecule has 2 saturated heterocycles. The van der Waals surface area contributed by atoms with Gasteiger partial charge in [-0.15, -0.1) is 10.2 Å². The zero-order valence-electron chi connectivity index (χ0n) is 16.2. The Morgan fingerprint density at radius 1 is 1.22 bits per heavy atom. The first-order chi connectivity index (χ1) is 13.0. The minimum atomic E-state index is 0.179. The lowest BCUT2D eigenvalue weighted by Crippen LogP contribution is -2.43. The second kappa shape index (κ2) is 7.43. The monoisotopic (exact) mass is 368 g/mol. The molecule has 144 valence electrons. The molecule has 0 saturated carbocycles. The minimum absolute atomic E-state index is 0.179. The SMILES string of the molecule is CC(=O)N1CCC2(CC1)CC(c1nnc(C)o1)N(CCc1ccccc1)C2. The summed E-state index contributed by atoms with van der Waals surface area (Å²) in [6.07, 6.45) is 4.16. The average molecular weight is 368 g/mol. The number of aryl methyl sites for hydroxylation is 1. The van der Waals surface area contributed by atoms with E-state index < -0.39 is 0 Å². The number of hydrogen-bond acceptors (Lipinski definition) is 5. The van der Waals surface area contributed by atoms with Gasteiger partial charge in [0.15, 0.2) is 0 Å². The van der Waals surface area contributed by atoms with E-state index in [-0.39, 0.29) is 17.4 Å². The summed E-state index contributed by atoms with van der Waals surface area (Å²) in [6, 6.07) is 10.8. The summed E-state index contributed by atoms with van der Waals surface area (Å²) in [7, 11) is 0. The molecule has 1 aromatic carbocycles. The first-order valence-electron chi connectivity index (χ1n) is 9.88. The first-order valence-corrected chi connectivity index (χ1v) is 9.88. The first kappa shape index (κ1) is 18.2. The van der Waals surface area contributed by atoms with E-state index in [4.69, 9.17) is 4.42 Å². The summed E-state index contributed by atoms with van der Waals surface area (Å²) in [5.41, 5.74) is 1.60. The van der Waals surface area contributed by atoms with Gasteiger partial charge in [-0.3, -0.25) is 9.69 Å². The molecular formula is C21H28N4O2. The summed E-state index contributed by atoms with van der Waals surface area (Å²) >= 11 is 0. The van der Waals surface area contributed by atoms with E-state index in [1.54, 1.807) is 6.92 Å². The molecule has 0 radical (unpaired) electrons. The van der Waals surface area contributed by atoms with Crippen molar-refractivity contribution in [2.75, 3.05) is 26.2 Å². The number of aromatic nitrogens is 2. The highest BCUT2D eigenvalue weighted by molar-refractivity contribution is 5.73. The van der Waals surface area contributed by atoms with Gasteiger partial charge in [0.1, 0.15) is 0 Å². The molecule has 1 spiro atoms. The van der Waals surface area contributed by atoms with E-state index in [1.807, 2.05) is 11.8 Å². The molecular weight excluding hydrogens is 340 g/mol. The molecule has 2 aliphatic rings. The Kier molecular flexibility index (Phi) is 5.00. The molecule has 2 fully saturated rings. The Morgan fingerprint density at radius 2 is 1.96 bits per heavy atom. The lowest BCUT2D eigenvalue weighted by atomic mass is 9.76. The number of rotatable bonds is 4. The van der Waals surface area contributed by atoms with Crippen molar-refractivity contribution < 1.29 is 9.21 Å². The van der Waals surface area contributed by atoms with Gasteiger partial charge in [0.25, 0.3) is 0 Å². The maximum absolute atomic E-state index is 11.7. The van der Waals surface area contributed by atoms with Gasteiger partial charge in [0, 0.05) is 40.0 Å². The molecule has 1 unspecified atom stereocenters. The van der Waals surface area contributed by atoms with Gasteiger partial charge < -0.3 is 9.32 Å². The van der Waals surface area contributed by atoms with Crippen LogP contribution in [0.15, 0.2) is 34.7 Å². The number of amides is 1. The minimum Gasteiger partial charge on any atom is -0.424 e. The molecule has 3 heterocycles. The van der Waals surface area contributed by atoms with Gasteiger partial charge in [-0.1, -0.05) is 30.3 Å². The molecule has 0 aliphatic carbocycles. The Morgan fingerprint density at radius 3 is 2.59 bits per heavy atom. The van der Waals surface area contributed by atoms with Crippen LogP contribution >= 0.6 is 0 Å². The summed E-state index contributed by atoms with van der Waals surface area (Å²) in [6.45, 7) is 7.25. The van der Waals surface area contributed by atoms with Crippen LogP contribution in [0.25, 0.3) is 0 Å². The highest BCUT2D eigenvalue weighted by atomic mass is 16.4. The third-order valence-corrected chi connectivity index (χ3v) is 6.23. The van der Waals surface area contributed by atoms with Gasteiger partial charge in [0.05, 0.1) is 6.04 Å². The Balaban J connectivity index is 1.49. The highest BCUT2D eigenvalue weighted by Gasteiger charge is 2.47. The number of benzene rings is 1. The normalized spacial score (nSPS) is 22.4. The van der Waals surface area contributed by atoms with Crippen LogP contribution in [-0.4, -0.2) is 52.1 Å². The smallest absolute Gasteiger partial charge is 0.233 e. The highest BCUT2D eigenvalue weighted by Crippen LogP contribution is 2.48. The van der Waals surface area contributed by atoms with Crippen LogP contribution in [0.4, 0.5) is 0 Å². The van der Waals surface area contributed by atoms with Crippen molar-refractivity contribution in [2.24, 2.45) is 5.41 Å². The van der Waals surface area contributed by atoms with Gasteiger partial charge in [-0.05, 0) is 36.7 Å². The number of carbonyl (C=O) groups is 1. The van der Waals surface area contributed by atoms with Crippen LogP contribution in [0.5, 0.6) is 0 Å². The van der Waals surface area contributed by atoms with E-state index in [0.29, 0.717) is 5.89 Å². The van der Waals surface area contributed by atoms with Crippen LogP contribution in [0.1, 0.15) is 49.6 Å². The molecule has 4 rings (SSSR count). The van der Waals surface area contributed by atoms with E-state index in [9.17, 15) is 4.79 Å². The summed E-state index contributed by atoms with van der Waals surface area (Å²) < 4.78 is 5.81. The quantitative estimate of drug-likeness (QED) is 0.830. The van der Waals surface area contributed by atoms with Gasteiger partial charge in [-0.2, -0.15) is 0 Å². The van der Waals surface area contributed by atoms with Crippen molar-refractivity contribution >= 4 is 5.91 Å². The zero-order valence-corrected chi connectivity index (χ0v) is 16.2. The average Bonchev–Trinajstić information content (AvgIpc) is 3.25. The number of carbonyl (C=O) groups excluding carboxylic acids is 1. The number of hydrogen-bond donors (Lipinski definition) is 0. The Bertz CT molecular complexity index is 780. The van der Waals surface area contributed by atoms with Crippen molar-refractivity contribution in [3.8, 4) is 0 Å². The second-order valence-electron chi connectivity index (χ2n) is 8.09. The molecule has 0 bridgehead atoms. The fourth-order valence-electron chi connectivity index (χ4n) is 4.65. The zero-order chi connectivity index (χ0) is 18.9. The van der Waals surface area contributed by atoms with E-state index >= 15 is 0 Å². The topological polar surface area (TPSA) is 62.5 Å². The van der Waals surface area contributed by atoms with E-state index in [0.717, 1.165) is 57.8 Å². The van der Waals surface area contributed by atoms with Crippen molar-refractivity contribution in [3.63, 3.8) is 0 Å². The van der Waals surface area contributed by atoms with E-state index in [2.05, 4.69) is 45.4 Å². The molecule has 1 atom stereocenters. The van der Waals surface area contributed by atoms with Crippen molar-refractivity contribution in [3.05, 3.63) is 47.7 Å². The standard InChI is InChI=1S/C21H28N4O2/c1-16-22-23-20(27-16)19-14-21(9-12-24(13-10-21)17(2)26)15-25(19)11-8-18-6-4-3-5-7-18/h3-7,19H,8-15H2,1-2H3. The van der Waals surface area contributed by atoms with Crippen molar-refractivity contribution in [2.45, 2.75) is 45.6 Å². The van der Waals surface area contributed by atoms with Gasteiger partial charge >= 0.3 is 0 Å². The van der Waals surface area contributed by atoms with Crippen molar-refractivity contribution in [1.29, 1.82) is 0 Å². The van der Waals surface area contributed by atoms with Crippen LogP contribution < -0.4 is 0 Å². The predicted octanol–water partition coefficient (Wildman–Crippen LogP) is 3.00. The lowest BCUT2D eigenvalue weighted by molar-refractivity contribution is -0.131. The number of likely N-dealkylation sites (tertiary alicyclic amines) is 2.